The standard InChI is InChI=1S/C23H32N4O7/c28-19-16(23(32)33)13-26-14-17(21(30)24-15-5-2-1-3-6-15)27(22(31)18(26)20(19)29)8-4-7-25-9-11-34-12-10-25/h13,15,17,29H,1-12,14H2,(H,24,30)(H,32,33)/t17-/m1/s1. The van der Waals surface area contributed by atoms with Crippen molar-refractivity contribution >= 4 is 17.8 Å². The Hall–Kier alpha value is -2.92. The lowest BCUT2D eigenvalue weighted by atomic mass is 9.95. The summed E-state index contributed by atoms with van der Waals surface area (Å²) in [6.45, 7) is 3.88. The number of nitrogens with one attached hydrogen (secondary N) is 1. The van der Waals surface area contributed by atoms with E-state index in [9.17, 15) is 29.4 Å². The van der Waals surface area contributed by atoms with Crippen molar-refractivity contribution in [3.8, 4) is 5.75 Å². The molecule has 0 radical (unpaired) electrons. The number of hydrogen-bond donors (Lipinski definition) is 3. The van der Waals surface area contributed by atoms with E-state index in [2.05, 4.69) is 10.2 Å². The Morgan fingerprint density at radius 3 is 2.47 bits per heavy atom. The maximum Gasteiger partial charge on any atom is 0.341 e. The first-order valence-electron chi connectivity index (χ1n) is 12.0. The number of amides is 2. The second-order valence-corrected chi connectivity index (χ2v) is 9.19. The highest BCUT2D eigenvalue weighted by Gasteiger charge is 2.40. The maximum atomic E-state index is 13.4. The number of hydrogen-bond acceptors (Lipinski definition) is 7. The average Bonchev–Trinajstić information content (AvgIpc) is 2.83. The summed E-state index contributed by atoms with van der Waals surface area (Å²) < 4.78 is 6.59. The number of pyridine rings is 1. The molecule has 0 aromatic carbocycles. The van der Waals surface area contributed by atoms with Crippen LogP contribution in [0.15, 0.2) is 11.0 Å². The van der Waals surface area contributed by atoms with Gasteiger partial charge in [-0.05, 0) is 19.3 Å². The number of ether oxygens (including phenoxy) is 1. The molecule has 1 aromatic rings. The van der Waals surface area contributed by atoms with Crippen molar-refractivity contribution in [1.29, 1.82) is 0 Å². The molecule has 1 saturated heterocycles. The van der Waals surface area contributed by atoms with Crippen LogP contribution >= 0.6 is 0 Å². The van der Waals surface area contributed by atoms with Crippen LogP contribution in [0.2, 0.25) is 0 Å². The van der Waals surface area contributed by atoms with Crippen LogP contribution in [-0.2, 0) is 16.1 Å². The van der Waals surface area contributed by atoms with Gasteiger partial charge in [0.1, 0.15) is 11.6 Å². The monoisotopic (exact) mass is 476 g/mol. The quantitative estimate of drug-likeness (QED) is 0.509. The smallest absolute Gasteiger partial charge is 0.341 e. The van der Waals surface area contributed by atoms with Crippen molar-refractivity contribution in [3.05, 3.63) is 27.7 Å². The number of aromatic hydroxyl groups is 1. The van der Waals surface area contributed by atoms with E-state index < -0.39 is 34.7 Å². The number of morpholine rings is 1. The van der Waals surface area contributed by atoms with Gasteiger partial charge in [-0.15, -0.1) is 0 Å². The summed E-state index contributed by atoms with van der Waals surface area (Å²) in [5.41, 5.74) is -2.02. The van der Waals surface area contributed by atoms with Gasteiger partial charge in [-0.1, -0.05) is 19.3 Å². The fraction of sp³-hybridized carbons (Fsp3) is 0.652. The van der Waals surface area contributed by atoms with Crippen LogP contribution in [0.1, 0.15) is 59.4 Å². The lowest BCUT2D eigenvalue weighted by Crippen LogP contribution is -2.57. The first kappa shape index (κ1) is 24.2. The summed E-state index contributed by atoms with van der Waals surface area (Å²) in [6.07, 6.45) is 6.64. The molecule has 3 aliphatic rings. The van der Waals surface area contributed by atoms with E-state index in [1.165, 1.54) is 9.47 Å². The zero-order valence-electron chi connectivity index (χ0n) is 19.2. The van der Waals surface area contributed by atoms with Gasteiger partial charge in [-0.25, -0.2) is 4.79 Å². The van der Waals surface area contributed by atoms with Gasteiger partial charge in [0.25, 0.3) is 5.91 Å². The van der Waals surface area contributed by atoms with Crippen LogP contribution in [0.4, 0.5) is 0 Å². The second-order valence-electron chi connectivity index (χ2n) is 9.19. The third-order valence-electron chi connectivity index (χ3n) is 6.93. The van der Waals surface area contributed by atoms with Gasteiger partial charge in [0, 0.05) is 38.4 Å². The Balaban J connectivity index is 1.58. The lowest BCUT2D eigenvalue weighted by molar-refractivity contribution is -0.127. The van der Waals surface area contributed by atoms with E-state index >= 15 is 0 Å². The highest BCUT2D eigenvalue weighted by atomic mass is 16.5. The molecular formula is C23H32N4O7. The molecule has 3 N–H and O–H groups in total. The van der Waals surface area contributed by atoms with Gasteiger partial charge in [0.05, 0.1) is 19.8 Å². The van der Waals surface area contributed by atoms with Crippen molar-refractivity contribution in [3.63, 3.8) is 0 Å². The van der Waals surface area contributed by atoms with Crippen LogP contribution < -0.4 is 10.7 Å². The van der Waals surface area contributed by atoms with Crippen LogP contribution in [0.3, 0.4) is 0 Å². The summed E-state index contributed by atoms with van der Waals surface area (Å²) in [5, 5.41) is 22.8. The predicted octanol–water partition coefficient (Wildman–Crippen LogP) is 0.248. The number of carbonyl (C=O) groups is 3. The van der Waals surface area contributed by atoms with Crippen LogP contribution in [-0.4, -0.2) is 93.8 Å². The summed E-state index contributed by atoms with van der Waals surface area (Å²) in [5.74, 6) is -3.34. The van der Waals surface area contributed by atoms with Gasteiger partial charge in [-0.3, -0.25) is 19.3 Å². The molecule has 0 unspecified atom stereocenters. The largest absolute Gasteiger partial charge is 0.503 e. The van der Waals surface area contributed by atoms with Crippen molar-refractivity contribution in [2.24, 2.45) is 0 Å². The molecule has 2 fully saturated rings. The molecule has 2 amide bonds. The highest BCUT2D eigenvalue weighted by molar-refractivity contribution is 6.00. The van der Waals surface area contributed by atoms with Gasteiger partial charge in [0.2, 0.25) is 11.3 Å². The minimum absolute atomic E-state index is 0.0364. The summed E-state index contributed by atoms with van der Waals surface area (Å²) >= 11 is 0. The zero-order valence-corrected chi connectivity index (χ0v) is 19.2. The Morgan fingerprint density at radius 2 is 1.79 bits per heavy atom. The molecule has 2 aliphatic heterocycles. The van der Waals surface area contributed by atoms with Crippen molar-refractivity contribution in [2.45, 2.75) is 57.2 Å². The number of nitrogens with zero attached hydrogens (tertiary/aromatic N) is 3. The number of carboxylic acids is 1. The van der Waals surface area contributed by atoms with Crippen molar-refractivity contribution < 1.29 is 29.3 Å². The number of aromatic nitrogens is 1. The molecule has 0 bridgehead atoms. The van der Waals surface area contributed by atoms with Crippen LogP contribution in [0, 0.1) is 0 Å². The average molecular weight is 477 g/mol. The Labute approximate surface area is 197 Å². The number of aromatic carboxylic acids is 1. The molecule has 3 heterocycles. The Bertz CT molecular complexity index is 996. The summed E-state index contributed by atoms with van der Waals surface area (Å²) in [4.78, 5) is 54.1. The first-order chi connectivity index (χ1) is 16.4. The third kappa shape index (κ3) is 5.10. The topological polar surface area (TPSA) is 141 Å². The van der Waals surface area contributed by atoms with Gasteiger partial charge in [0.15, 0.2) is 11.4 Å². The Morgan fingerprint density at radius 1 is 1.09 bits per heavy atom. The minimum Gasteiger partial charge on any atom is -0.503 e. The molecule has 1 atom stereocenters. The molecule has 1 aromatic heterocycles. The molecule has 1 saturated carbocycles. The van der Waals surface area contributed by atoms with Crippen molar-refractivity contribution in [1.82, 2.24) is 19.7 Å². The zero-order chi connectivity index (χ0) is 24.2. The molecule has 0 spiro atoms. The minimum atomic E-state index is -1.50. The van der Waals surface area contributed by atoms with E-state index in [0.29, 0.717) is 19.6 Å². The van der Waals surface area contributed by atoms with Crippen LogP contribution in [0.25, 0.3) is 0 Å². The highest BCUT2D eigenvalue weighted by Crippen LogP contribution is 2.25. The first-order valence-corrected chi connectivity index (χ1v) is 12.0. The van der Waals surface area contributed by atoms with E-state index in [-0.39, 0.29) is 30.7 Å². The van der Waals surface area contributed by atoms with E-state index in [0.717, 1.165) is 57.9 Å². The number of fused-ring (bicyclic) bond motifs is 1. The van der Waals surface area contributed by atoms with E-state index in [1.807, 2.05) is 0 Å². The molecule has 1 aliphatic carbocycles. The summed E-state index contributed by atoms with van der Waals surface area (Å²) in [7, 11) is 0. The predicted molar refractivity (Wildman–Crippen MR) is 121 cm³/mol. The number of carboxylic acid groups (broad SMARTS) is 1. The van der Waals surface area contributed by atoms with E-state index in [4.69, 9.17) is 4.74 Å². The molecule has 34 heavy (non-hydrogen) atoms. The van der Waals surface area contributed by atoms with E-state index in [1.54, 1.807) is 0 Å². The Kier molecular flexibility index (Phi) is 7.52. The summed E-state index contributed by atoms with van der Waals surface area (Å²) in [6, 6.07) is -0.819. The fourth-order valence-corrected chi connectivity index (χ4v) is 5.05. The van der Waals surface area contributed by atoms with Crippen molar-refractivity contribution in [2.75, 3.05) is 39.4 Å². The normalized spacial score (nSPS) is 21.8. The third-order valence-corrected chi connectivity index (χ3v) is 6.93. The molecular weight excluding hydrogens is 444 g/mol. The van der Waals surface area contributed by atoms with Gasteiger partial charge in [-0.2, -0.15) is 0 Å². The lowest BCUT2D eigenvalue weighted by Gasteiger charge is -2.38. The molecule has 186 valence electrons. The maximum absolute atomic E-state index is 13.4. The second kappa shape index (κ2) is 10.6. The number of rotatable bonds is 7. The fourth-order valence-electron chi connectivity index (χ4n) is 5.05. The molecule has 11 heteroatoms. The molecule has 4 rings (SSSR count). The SMILES string of the molecule is O=C(O)c1cn2c(c(O)c1=O)C(=O)N(CCCN1CCOCC1)[C@@H](C(=O)NC1CCCCC1)C2. The van der Waals surface area contributed by atoms with Gasteiger partial charge >= 0.3 is 5.97 Å². The van der Waals surface area contributed by atoms with Gasteiger partial charge < -0.3 is 29.7 Å². The number of carbonyl (C=O) groups excluding carboxylic acids is 2. The van der Waals surface area contributed by atoms with Crippen LogP contribution in [0.5, 0.6) is 5.75 Å². The molecule has 11 nitrogen and oxygen atoms in total.